The smallest absolute Gasteiger partial charge is 0.307 e. The van der Waals surface area contributed by atoms with E-state index in [2.05, 4.69) is 23.8 Å². The number of amides is 5. The molecule has 0 aliphatic carbocycles. The highest BCUT2D eigenvalue weighted by molar-refractivity contribution is 6.07. The number of nitrogens with zero attached hydrogens (tertiary/aromatic N) is 2. The molecule has 2 aliphatic rings. The number of likely N-dealkylation sites (N-methyl/N-ethyl adjacent to an activating group) is 2. The maximum absolute atomic E-state index is 13.5. The highest BCUT2D eigenvalue weighted by Crippen LogP contribution is 2.41. The second-order valence-corrected chi connectivity index (χ2v) is 17.4. The predicted octanol–water partition coefficient (Wildman–Crippen LogP) is 9.53. The molecule has 12 heteroatoms. The van der Waals surface area contributed by atoms with Crippen molar-refractivity contribution < 1.29 is 33.9 Å². The Balaban J connectivity index is 0.000000340. The normalized spacial score (nSPS) is 16.5. The van der Waals surface area contributed by atoms with Crippen LogP contribution >= 0.6 is 0 Å². The minimum atomic E-state index is -1.04. The number of rotatable bonds is 16. The molecule has 5 amide bonds. The average Bonchev–Trinajstić information content (AvgIpc) is 3.42. The first kappa shape index (κ1) is 53.5. The van der Waals surface area contributed by atoms with Gasteiger partial charge in [-0.1, -0.05) is 140 Å². The summed E-state index contributed by atoms with van der Waals surface area (Å²) in [6, 6.07) is 28.6. The molecule has 66 heavy (non-hydrogen) atoms. The number of carboxylic acid groups (broad SMARTS) is 1. The standard InChI is InChI=1S/C26H31N3O3.C26H30N2O4.2CH4/c1-5-10-20(24(27)30)21(15-16(2)3)25(31)28-23-19-13-7-6-11-17(19)18-12-8-9-14-22(18)29(4)26(23)32;1-5-10-20(26(31)32)21(15-16(2)3)24(29)27-23-19-13-7-6-11-17(19)18-12-8-9-14-22(18)28(4)25(23)30;;/h5-9,11-14,16,20-21,23H,1,10,15H2,2-4H3,(H2,27,30)(H,28,31);5-9,11-14,16,20-21,23H,1,10,15H2,2-4H3,(H,27,29)(H,31,32);2*1H4/t2*20-,21+,23?;;/m00../s1. The molecule has 2 heterocycles. The summed E-state index contributed by atoms with van der Waals surface area (Å²) < 4.78 is 0. The summed E-state index contributed by atoms with van der Waals surface area (Å²) in [4.78, 5) is 81.1. The lowest BCUT2D eigenvalue weighted by atomic mass is 9.82. The summed E-state index contributed by atoms with van der Waals surface area (Å²) in [5.74, 6) is -5.59. The van der Waals surface area contributed by atoms with Crippen LogP contribution in [0.1, 0.15) is 91.4 Å². The van der Waals surface area contributed by atoms with Crippen molar-refractivity contribution in [2.24, 2.45) is 41.2 Å². The second kappa shape index (κ2) is 23.9. The van der Waals surface area contributed by atoms with Crippen LogP contribution in [0.25, 0.3) is 22.3 Å². The summed E-state index contributed by atoms with van der Waals surface area (Å²) in [5.41, 5.74) is 12.2. The fraction of sp³-hybridized carbons (Fsp3) is 0.370. The van der Waals surface area contributed by atoms with Crippen LogP contribution < -0.4 is 26.2 Å². The monoisotopic (exact) mass is 900 g/mol. The fourth-order valence-electron chi connectivity index (χ4n) is 8.84. The molecule has 0 aromatic heterocycles. The summed E-state index contributed by atoms with van der Waals surface area (Å²) in [5, 5.41) is 15.6. The van der Waals surface area contributed by atoms with E-state index < -0.39 is 53.5 Å². The number of hydrogen-bond acceptors (Lipinski definition) is 6. The lowest BCUT2D eigenvalue weighted by Crippen LogP contribution is -2.46. The van der Waals surface area contributed by atoms with Crippen molar-refractivity contribution >= 4 is 46.9 Å². The van der Waals surface area contributed by atoms with Crippen LogP contribution in [0.3, 0.4) is 0 Å². The molecule has 5 N–H and O–H groups in total. The Morgan fingerprint density at radius 1 is 0.591 bits per heavy atom. The Hall–Kier alpha value is -6.82. The molecule has 0 saturated heterocycles. The largest absolute Gasteiger partial charge is 0.481 e. The number of nitrogens with two attached hydrogens (primary N) is 1. The number of carbonyl (C=O) groups excluding carboxylic acids is 5. The van der Waals surface area contributed by atoms with Crippen molar-refractivity contribution in [2.75, 3.05) is 23.9 Å². The number of benzene rings is 4. The molecule has 6 atom stereocenters. The topological polar surface area (TPSA) is 179 Å². The maximum Gasteiger partial charge on any atom is 0.307 e. The molecule has 6 rings (SSSR count). The van der Waals surface area contributed by atoms with Crippen molar-refractivity contribution in [3.05, 3.63) is 133 Å². The number of hydrogen-bond donors (Lipinski definition) is 4. The number of carboxylic acids is 1. The number of fused-ring (bicyclic) bond motifs is 6. The van der Waals surface area contributed by atoms with Gasteiger partial charge in [0.1, 0.15) is 12.1 Å². The van der Waals surface area contributed by atoms with Crippen LogP contribution in [-0.4, -0.2) is 54.7 Å². The van der Waals surface area contributed by atoms with Crippen LogP contribution in [0.4, 0.5) is 11.4 Å². The van der Waals surface area contributed by atoms with Crippen molar-refractivity contribution in [1.82, 2.24) is 10.6 Å². The number of primary amides is 1. The molecule has 0 bridgehead atoms. The van der Waals surface area contributed by atoms with Crippen molar-refractivity contribution in [2.45, 2.75) is 80.3 Å². The molecule has 0 spiro atoms. The molecule has 0 saturated carbocycles. The molecule has 2 aliphatic heterocycles. The van der Waals surface area contributed by atoms with E-state index in [-0.39, 0.29) is 50.8 Å². The third-order valence-electron chi connectivity index (χ3n) is 12.0. The van der Waals surface area contributed by atoms with Gasteiger partial charge in [0, 0.05) is 25.2 Å². The van der Waals surface area contributed by atoms with Gasteiger partial charge in [0.25, 0.3) is 11.8 Å². The zero-order valence-electron chi connectivity index (χ0n) is 37.6. The lowest BCUT2D eigenvalue weighted by Gasteiger charge is -2.28. The van der Waals surface area contributed by atoms with Crippen LogP contribution in [-0.2, 0) is 28.8 Å². The number of carbonyl (C=O) groups is 6. The number of nitrogens with one attached hydrogen (secondary N) is 2. The van der Waals surface area contributed by atoms with Gasteiger partial charge in [-0.05, 0) is 71.9 Å². The van der Waals surface area contributed by atoms with Gasteiger partial charge in [-0.3, -0.25) is 28.8 Å². The Morgan fingerprint density at radius 2 is 0.924 bits per heavy atom. The van der Waals surface area contributed by atoms with Gasteiger partial charge in [-0.15, -0.1) is 13.2 Å². The highest BCUT2D eigenvalue weighted by Gasteiger charge is 2.40. The van der Waals surface area contributed by atoms with Crippen LogP contribution in [0.5, 0.6) is 0 Å². The van der Waals surface area contributed by atoms with Gasteiger partial charge in [0.05, 0.1) is 35.0 Å². The third-order valence-corrected chi connectivity index (χ3v) is 12.0. The first-order valence-corrected chi connectivity index (χ1v) is 21.8. The van der Waals surface area contributed by atoms with Gasteiger partial charge in [-0.25, -0.2) is 0 Å². The van der Waals surface area contributed by atoms with E-state index in [0.717, 1.165) is 39.2 Å². The molecular formula is C54H69N5O7. The van der Waals surface area contributed by atoms with Gasteiger partial charge in [0.15, 0.2) is 0 Å². The van der Waals surface area contributed by atoms with E-state index in [1.807, 2.05) is 125 Å². The molecule has 4 aromatic carbocycles. The fourth-order valence-corrected chi connectivity index (χ4v) is 8.84. The summed E-state index contributed by atoms with van der Waals surface area (Å²) >= 11 is 0. The third kappa shape index (κ3) is 11.9. The molecule has 12 nitrogen and oxygen atoms in total. The average molecular weight is 900 g/mol. The quantitative estimate of drug-likeness (QED) is 0.0809. The second-order valence-electron chi connectivity index (χ2n) is 17.4. The first-order valence-electron chi connectivity index (χ1n) is 21.8. The van der Waals surface area contributed by atoms with Crippen LogP contribution in [0.15, 0.2) is 122 Å². The van der Waals surface area contributed by atoms with E-state index >= 15 is 0 Å². The highest BCUT2D eigenvalue weighted by atomic mass is 16.4. The van der Waals surface area contributed by atoms with Gasteiger partial charge >= 0.3 is 5.97 Å². The van der Waals surface area contributed by atoms with Crippen LogP contribution in [0.2, 0.25) is 0 Å². The minimum absolute atomic E-state index is 0. The summed E-state index contributed by atoms with van der Waals surface area (Å²) in [6.45, 7) is 15.2. The van der Waals surface area contributed by atoms with Crippen molar-refractivity contribution in [3.8, 4) is 22.3 Å². The van der Waals surface area contributed by atoms with Gasteiger partial charge < -0.3 is 31.3 Å². The Morgan fingerprint density at radius 3 is 1.27 bits per heavy atom. The van der Waals surface area contributed by atoms with Crippen molar-refractivity contribution in [3.63, 3.8) is 0 Å². The van der Waals surface area contributed by atoms with Crippen molar-refractivity contribution in [1.29, 1.82) is 0 Å². The molecule has 2 unspecified atom stereocenters. The SMILES string of the molecule is C.C.C=CC[C@H](C(=O)O)[C@@H](CC(C)C)C(=O)NC1C(=O)N(C)c2ccccc2-c2ccccc21.C=CC[C@H](C(N)=O)[C@@H](CC(C)C)C(=O)NC1C(=O)N(C)c2ccccc2-c2ccccc21. The minimum Gasteiger partial charge on any atom is -0.481 e. The first-order chi connectivity index (χ1) is 30.5. The van der Waals surface area contributed by atoms with Gasteiger partial charge in [-0.2, -0.15) is 0 Å². The van der Waals surface area contributed by atoms with Crippen LogP contribution in [0, 0.1) is 35.5 Å². The zero-order chi connectivity index (χ0) is 46.8. The van der Waals surface area contributed by atoms with E-state index in [1.54, 1.807) is 30.0 Å². The number of anilines is 2. The van der Waals surface area contributed by atoms with E-state index in [9.17, 15) is 33.9 Å². The molecule has 0 radical (unpaired) electrons. The lowest BCUT2D eigenvalue weighted by molar-refractivity contribution is -0.148. The number of allylic oxidation sites excluding steroid dienone is 2. The molecular weight excluding hydrogens is 831 g/mol. The molecule has 4 aromatic rings. The zero-order valence-corrected chi connectivity index (χ0v) is 37.6. The van der Waals surface area contributed by atoms with E-state index in [1.165, 1.54) is 6.08 Å². The molecule has 352 valence electrons. The van der Waals surface area contributed by atoms with Gasteiger partial charge in [0.2, 0.25) is 17.7 Å². The Bertz CT molecular complexity index is 2230. The maximum atomic E-state index is 13.5. The molecule has 0 fully saturated rings. The summed E-state index contributed by atoms with van der Waals surface area (Å²) in [6.07, 6.45) is 4.49. The predicted molar refractivity (Wildman–Crippen MR) is 265 cm³/mol. The van der Waals surface area contributed by atoms with E-state index in [4.69, 9.17) is 5.73 Å². The Kier molecular flexibility index (Phi) is 19.4. The number of aliphatic carboxylic acids is 1. The number of para-hydroxylation sites is 2. The Labute approximate surface area is 391 Å². The van der Waals surface area contributed by atoms with E-state index in [0.29, 0.717) is 24.8 Å². The summed E-state index contributed by atoms with van der Waals surface area (Å²) in [7, 11) is 3.40.